The van der Waals surface area contributed by atoms with Gasteiger partial charge in [0.1, 0.15) is 73.2 Å². The Kier molecular flexibility index (Phi) is 20.0. The minimum atomic E-state index is -1.97. The lowest BCUT2D eigenvalue weighted by molar-refractivity contribution is -0.379. The lowest BCUT2D eigenvalue weighted by Crippen LogP contribution is -2.66. The van der Waals surface area contributed by atoms with Gasteiger partial charge in [-0.3, -0.25) is 4.79 Å². The predicted molar refractivity (Wildman–Crippen MR) is 185 cm³/mol. The third-order valence-electron chi connectivity index (χ3n) is 9.22. The van der Waals surface area contributed by atoms with Gasteiger partial charge < -0.3 is 89.9 Å². The minimum absolute atomic E-state index is 0.390. The van der Waals surface area contributed by atoms with E-state index in [1.54, 1.807) is 6.08 Å². The summed E-state index contributed by atoms with van der Waals surface area (Å²) in [7, 11) is 0. The van der Waals surface area contributed by atoms with Gasteiger partial charge in [-0.1, -0.05) is 43.4 Å². The molecule has 3 aliphatic heterocycles. The summed E-state index contributed by atoms with van der Waals surface area (Å²) in [5.74, 6) is -0.474. The minimum Gasteiger partial charge on any atom is -0.394 e. The fourth-order valence-corrected chi connectivity index (χ4v) is 6.14. The van der Waals surface area contributed by atoms with Crippen molar-refractivity contribution in [3.63, 3.8) is 0 Å². The van der Waals surface area contributed by atoms with Crippen LogP contribution in [0.2, 0.25) is 0 Å². The number of aliphatic hydroxyl groups excluding tert-OH is 11. The van der Waals surface area contributed by atoms with Crippen molar-refractivity contribution in [3.05, 3.63) is 36.5 Å². The molecule has 19 heteroatoms. The number of nitrogens with one attached hydrogen (secondary N) is 1. The van der Waals surface area contributed by atoms with Gasteiger partial charge in [0.05, 0.1) is 38.6 Å². The number of unbranched alkanes of at least 4 members (excludes halogenated alkanes) is 2. The molecule has 17 unspecified atom stereocenters. The average molecular weight is 782 g/mol. The van der Waals surface area contributed by atoms with Crippen LogP contribution in [-0.4, -0.2) is 193 Å². The summed E-state index contributed by atoms with van der Waals surface area (Å²) in [6.07, 6.45) is -11.0. The van der Waals surface area contributed by atoms with Crippen LogP contribution in [0.25, 0.3) is 0 Å². The largest absolute Gasteiger partial charge is 0.394 e. The molecule has 3 aliphatic rings. The topological polar surface area (TPSA) is 307 Å². The van der Waals surface area contributed by atoms with Crippen molar-refractivity contribution in [2.45, 2.75) is 150 Å². The van der Waals surface area contributed by atoms with Gasteiger partial charge in [-0.05, 0) is 32.1 Å². The summed E-state index contributed by atoms with van der Waals surface area (Å²) in [5, 5.41) is 117. The van der Waals surface area contributed by atoms with Gasteiger partial charge in [0, 0.05) is 6.92 Å². The van der Waals surface area contributed by atoms with E-state index in [2.05, 4.69) is 30.5 Å². The molecule has 3 heterocycles. The van der Waals surface area contributed by atoms with Crippen LogP contribution in [0.3, 0.4) is 0 Å². The Morgan fingerprint density at radius 3 is 1.57 bits per heavy atom. The highest BCUT2D eigenvalue weighted by atomic mass is 16.8. The zero-order valence-electron chi connectivity index (χ0n) is 30.4. The van der Waals surface area contributed by atoms with Gasteiger partial charge >= 0.3 is 0 Å². The lowest BCUT2D eigenvalue weighted by atomic mass is 9.96. The van der Waals surface area contributed by atoms with Crippen molar-refractivity contribution in [2.24, 2.45) is 0 Å². The second-order valence-electron chi connectivity index (χ2n) is 13.4. The molecule has 0 aliphatic carbocycles. The van der Waals surface area contributed by atoms with Gasteiger partial charge in [0.2, 0.25) is 5.91 Å². The second-order valence-corrected chi connectivity index (χ2v) is 13.4. The van der Waals surface area contributed by atoms with Crippen LogP contribution in [0.15, 0.2) is 36.5 Å². The summed E-state index contributed by atoms with van der Waals surface area (Å²) in [5.41, 5.74) is 0. The number of rotatable bonds is 20. The van der Waals surface area contributed by atoms with Crippen molar-refractivity contribution in [3.8, 4) is 0 Å². The molecule has 0 aromatic heterocycles. The normalized spacial score (nSPS) is 39.0. The Balaban J connectivity index is 1.59. The van der Waals surface area contributed by atoms with Crippen LogP contribution >= 0.6 is 0 Å². The molecule has 12 N–H and O–H groups in total. The first-order valence-electron chi connectivity index (χ1n) is 18.2. The van der Waals surface area contributed by atoms with Crippen molar-refractivity contribution in [2.75, 3.05) is 26.4 Å². The Hall–Kier alpha value is -1.99. The number of carbonyl (C=O) groups excluding carboxylic acids is 1. The van der Waals surface area contributed by atoms with E-state index >= 15 is 0 Å². The highest BCUT2D eigenvalue weighted by molar-refractivity contribution is 5.73. The third kappa shape index (κ3) is 12.8. The van der Waals surface area contributed by atoms with Crippen molar-refractivity contribution < 1.29 is 89.4 Å². The molecule has 0 radical (unpaired) electrons. The highest BCUT2D eigenvalue weighted by Gasteiger charge is 2.53. The van der Waals surface area contributed by atoms with Gasteiger partial charge in [-0.15, -0.1) is 0 Å². The number of allylic oxidation sites excluding steroid dienone is 5. The zero-order chi connectivity index (χ0) is 39.9. The maximum absolute atomic E-state index is 11.9. The number of carbonyl (C=O) groups is 1. The molecule has 0 aromatic rings. The number of ether oxygens (including phenoxy) is 6. The fourth-order valence-electron chi connectivity index (χ4n) is 6.14. The Morgan fingerprint density at radius 1 is 0.630 bits per heavy atom. The van der Waals surface area contributed by atoms with Gasteiger partial charge in [0.15, 0.2) is 18.9 Å². The zero-order valence-corrected chi connectivity index (χ0v) is 30.4. The van der Waals surface area contributed by atoms with Crippen molar-refractivity contribution in [1.29, 1.82) is 0 Å². The molecule has 312 valence electrons. The Bertz CT molecular complexity index is 1170. The molecule has 54 heavy (non-hydrogen) atoms. The molecule has 0 aromatic carbocycles. The predicted octanol–water partition coefficient (Wildman–Crippen LogP) is -4.04. The van der Waals surface area contributed by atoms with Gasteiger partial charge in [0.25, 0.3) is 0 Å². The Morgan fingerprint density at radius 2 is 1.07 bits per heavy atom. The van der Waals surface area contributed by atoms with E-state index in [0.717, 1.165) is 25.7 Å². The quantitative estimate of drug-likeness (QED) is 0.0413. The smallest absolute Gasteiger partial charge is 0.217 e. The van der Waals surface area contributed by atoms with Gasteiger partial charge in [-0.2, -0.15) is 0 Å². The van der Waals surface area contributed by atoms with Crippen LogP contribution in [0.4, 0.5) is 0 Å². The summed E-state index contributed by atoms with van der Waals surface area (Å²) < 4.78 is 33.4. The van der Waals surface area contributed by atoms with Crippen LogP contribution in [0.5, 0.6) is 0 Å². The standard InChI is InChI=1S/C35H59NO18/c1-3-4-5-6-7-8-9-10-11-12-13-20(41)19(36-18(2)40)17-49-33-29(47)26(44)31(22(15-38)51-33)54-35-30(48)27(45)32(23(16-39)52-35)53-34-28(46)25(43)24(42)21(14-37)50-34/h4-5,8-9,12-13,19-35,37-39,41-48H,3,6-7,10-11,14-17H2,1-2H3,(H,36,40)/b5-4+,9-8+,13-12+. The molecule has 3 rings (SSSR count). The summed E-state index contributed by atoms with van der Waals surface area (Å²) in [6.45, 7) is 0.494. The molecular weight excluding hydrogens is 722 g/mol. The number of aliphatic hydroxyl groups is 11. The third-order valence-corrected chi connectivity index (χ3v) is 9.22. The molecular formula is C35H59NO18. The van der Waals surface area contributed by atoms with E-state index < -0.39 is 130 Å². The van der Waals surface area contributed by atoms with E-state index in [9.17, 15) is 61.0 Å². The fraction of sp³-hybridized carbons (Fsp3) is 0.800. The number of hydrogen-bond acceptors (Lipinski definition) is 18. The molecule has 1 amide bonds. The molecule has 0 bridgehead atoms. The Labute approximate surface area is 313 Å². The number of hydrogen-bond donors (Lipinski definition) is 12. The first-order valence-corrected chi connectivity index (χ1v) is 18.2. The van der Waals surface area contributed by atoms with Crippen LogP contribution in [-0.2, 0) is 33.2 Å². The molecule has 0 spiro atoms. The van der Waals surface area contributed by atoms with Crippen LogP contribution in [0.1, 0.15) is 46.0 Å². The van der Waals surface area contributed by atoms with E-state index in [0.29, 0.717) is 6.42 Å². The van der Waals surface area contributed by atoms with E-state index in [4.69, 9.17) is 28.4 Å². The lowest BCUT2D eigenvalue weighted by Gasteiger charge is -2.48. The molecule has 0 saturated carbocycles. The van der Waals surface area contributed by atoms with E-state index in [1.165, 1.54) is 13.0 Å². The second kappa shape index (κ2) is 23.3. The highest BCUT2D eigenvalue weighted by Crippen LogP contribution is 2.32. The first kappa shape index (κ1) is 46.4. The molecule has 3 saturated heterocycles. The summed E-state index contributed by atoms with van der Waals surface area (Å²) in [6, 6.07) is -0.991. The maximum atomic E-state index is 11.9. The molecule has 17 atom stereocenters. The first-order chi connectivity index (χ1) is 25.8. The van der Waals surface area contributed by atoms with Crippen molar-refractivity contribution >= 4 is 5.91 Å². The van der Waals surface area contributed by atoms with E-state index in [1.807, 2.05) is 6.08 Å². The SMILES string of the molecule is CC/C=C/CC/C=C/CC/C=C/C(O)C(COC1OC(CO)C(OC2OC(CO)C(OC3OC(CO)C(O)C(O)C3O)C(O)C2O)C(O)C1O)NC(C)=O. The van der Waals surface area contributed by atoms with E-state index in [-0.39, 0.29) is 6.61 Å². The molecule has 3 fully saturated rings. The summed E-state index contributed by atoms with van der Waals surface area (Å²) >= 11 is 0. The summed E-state index contributed by atoms with van der Waals surface area (Å²) in [4.78, 5) is 11.9. The molecule has 19 nitrogen and oxygen atoms in total. The average Bonchev–Trinajstić information content (AvgIpc) is 3.15. The number of amides is 1. The van der Waals surface area contributed by atoms with Crippen molar-refractivity contribution in [1.82, 2.24) is 5.32 Å². The monoisotopic (exact) mass is 781 g/mol. The van der Waals surface area contributed by atoms with Gasteiger partial charge in [-0.25, -0.2) is 0 Å². The van der Waals surface area contributed by atoms with Crippen LogP contribution in [0, 0.1) is 0 Å². The maximum Gasteiger partial charge on any atom is 0.217 e. The van der Waals surface area contributed by atoms with Crippen LogP contribution < -0.4 is 5.32 Å².